The Labute approximate surface area is 77.6 Å². The third-order valence-electron chi connectivity index (χ3n) is 2.35. The molecule has 0 radical (unpaired) electrons. The molecular formula is C9H14N4. The fourth-order valence-electron chi connectivity index (χ4n) is 1.75. The normalized spacial score (nSPS) is 14.5. The standard InChI is InChI=1S/C9H14N4/c1-11-5-8-12-7-4-2-3-6(7)9(10)13-8/h11H,2-5H2,1H3,(H2,10,12,13). The molecule has 4 nitrogen and oxygen atoms in total. The molecule has 0 fully saturated rings. The SMILES string of the molecule is CNCc1nc(N)c2c(n1)CCC2. The van der Waals surface area contributed by atoms with Gasteiger partial charge in [0.25, 0.3) is 0 Å². The van der Waals surface area contributed by atoms with Gasteiger partial charge in [-0.2, -0.15) is 0 Å². The van der Waals surface area contributed by atoms with Crippen molar-refractivity contribution in [2.24, 2.45) is 0 Å². The van der Waals surface area contributed by atoms with E-state index in [1.807, 2.05) is 7.05 Å². The van der Waals surface area contributed by atoms with Gasteiger partial charge in [-0.1, -0.05) is 0 Å². The van der Waals surface area contributed by atoms with E-state index in [4.69, 9.17) is 5.73 Å². The van der Waals surface area contributed by atoms with Crippen molar-refractivity contribution in [3.05, 3.63) is 17.1 Å². The van der Waals surface area contributed by atoms with E-state index in [-0.39, 0.29) is 0 Å². The van der Waals surface area contributed by atoms with Crippen molar-refractivity contribution in [2.75, 3.05) is 12.8 Å². The van der Waals surface area contributed by atoms with E-state index >= 15 is 0 Å². The fraction of sp³-hybridized carbons (Fsp3) is 0.556. The maximum atomic E-state index is 5.82. The Morgan fingerprint density at radius 2 is 2.23 bits per heavy atom. The van der Waals surface area contributed by atoms with Crippen LogP contribution in [-0.4, -0.2) is 17.0 Å². The Morgan fingerprint density at radius 3 is 3.00 bits per heavy atom. The lowest BCUT2D eigenvalue weighted by Crippen LogP contribution is -2.12. The molecule has 1 heterocycles. The number of hydrogen-bond acceptors (Lipinski definition) is 4. The number of rotatable bonds is 2. The minimum Gasteiger partial charge on any atom is -0.383 e. The summed E-state index contributed by atoms with van der Waals surface area (Å²) in [7, 11) is 1.88. The molecule has 2 rings (SSSR count). The first-order chi connectivity index (χ1) is 6.31. The number of nitrogens with two attached hydrogens (primary N) is 1. The second kappa shape index (κ2) is 3.30. The molecule has 0 atom stereocenters. The molecule has 4 heteroatoms. The molecule has 13 heavy (non-hydrogen) atoms. The van der Waals surface area contributed by atoms with Crippen LogP contribution in [0, 0.1) is 0 Å². The van der Waals surface area contributed by atoms with Crippen LogP contribution in [0.4, 0.5) is 5.82 Å². The van der Waals surface area contributed by atoms with Gasteiger partial charge < -0.3 is 11.1 Å². The van der Waals surface area contributed by atoms with Gasteiger partial charge in [0.2, 0.25) is 0 Å². The Balaban J connectivity index is 2.37. The highest BCUT2D eigenvalue weighted by Gasteiger charge is 2.16. The van der Waals surface area contributed by atoms with Gasteiger partial charge in [0.05, 0.1) is 6.54 Å². The van der Waals surface area contributed by atoms with E-state index in [0.717, 1.165) is 30.8 Å². The van der Waals surface area contributed by atoms with Crippen molar-refractivity contribution in [1.82, 2.24) is 15.3 Å². The molecule has 0 bridgehead atoms. The Bertz CT molecular complexity index is 322. The lowest BCUT2D eigenvalue weighted by molar-refractivity contribution is 0.750. The number of aromatic nitrogens is 2. The van der Waals surface area contributed by atoms with Gasteiger partial charge >= 0.3 is 0 Å². The van der Waals surface area contributed by atoms with Crippen LogP contribution >= 0.6 is 0 Å². The Kier molecular flexibility index (Phi) is 2.14. The van der Waals surface area contributed by atoms with Crippen molar-refractivity contribution >= 4 is 5.82 Å². The van der Waals surface area contributed by atoms with Gasteiger partial charge in [0.1, 0.15) is 11.6 Å². The minimum absolute atomic E-state index is 0.674. The summed E-state index contributed by atoms with van der Waals surface area (Å²) in [5, 5.41) is 3.02. The molecule has 0 spiro atoms. The second-order valence-corrected chi connectivity index (χ2v) is 3.33. The van der Waals surface area contributed by atoms with Gasteiger partial charge in [-0.25, -0.2) is 9.97 Å². The lowest BCUT2D eigenvalue weighted by Gasteiger charge is -2.05. The minimum atomic E-state index is 0.674. The predicted octanol–water partition coefficient (Wildman–Crippen LogP) is 0.267. The third kappa shape index (κ3) is 1.49. The molecule has 0 amide bonds. The summed E-state index contributed by atoms with van der Waals surface area (Å²) in [5.74, 6) is 1.48. The number of hydrogen-bond donors (Lipinski definition) is 2. The molecule has 0 aliphatic heterocycles. The molecule has 0 saturated carbocycles. The van der Waals surface area contributed by atoms with Crippen LogP contribution in [0.5, 0.6) is 0 Å². The smallest absolute Gasteiger partial charge is 0.144 e. The first-order valence-corrected chi connectivity index (χ1v) is 4.60. The summed E-state index contributed by atoms with van der Waals surface area (Å²) in [6, 6.07) is 0. The fourth-order valence-corrected chi connectivity index (χ4v) is 1.75. The van der Waals surface area contributed by atoms with Gasteiger partial charge in [-0.15, -0.1) is 0 Å². The van der Waals surface area contributed by atoms with E-state index in [9.17, 15) is 0 Å². The van der Waals surface area contributed by atoms with Crippen LogP contribution in [0.1, 0.15) is 23.5 Å². The Hall–Kier alpha value is -1.16. The molecule has 1 aromatic heterocycles. The van der Waals surface area contributed by atoms with Gasteiger partial charge in [-0.3, -0.25) is 0 Å². The molecule has 0 saturated heterocycles. The van der Waals surface area contributed by atoms with Gasteiger partial charge in [0, 0.05) is 11.3 Å². The third-order valence-corrected chi connectivity index (χ3v) is 2.35. The first kappa shape index (κ1) is 8.44. The first-order valence-electron chi connectivity index (χ1n) is 4.60. The van der Waals surface area contributed by atoms with Crippen molar-refractivity contribution in [2.45, 2.75) is 25.8 Å². The van der Waals surface area contributed by atoms with Crippen LogP contribution in [0.25, 0.3) is 0 Å². The number of nitrogen functional groups attached to an aromatic ring is 1. The molecule has 0 aromatic carbocycles. The van der Waals surface area contributed by atoms with Crippen molar-refractivity contribution in [1.29, 1.82) is 0 Å². The number of aryl methyl sites for hydroxylation is 1. The van der Waals surface area contributed by atoms with Crippen LogP contribution in [-0.2, 0) is 19.4 Å². The molecular weight excluding hydrogens is 164 g/mol. The second-order valence-electron chi connectivity index (χ2n) is 3.33. The van der Waals surface area contributed by atoms with Gasteiger partial charge in [0.15, 0.2) is 0 Å². The van der Waals surface area contributed by atoms with Gasteiger partial charge in [-0.05, 0) is 26.3 Å². The zero-order valence-corrected chi connectivity index (χ0v) is 7.80. The number of fused-ring (bicyclic) bond motifs is 1. The number of anilines is 1. The zero-order valence-electron chi connectivity index (χ0n) is 7.80. The van der Waals surface area contributed by atoms with E-state index in [2.05, 4.69) is 15.3 Å². The quantitative estimate of drug-likeness (QED) is 0.682. The van der Waals surface area contributed by atoms with Crippen LogP contribution in [0.2, 0.25) is 0 Å². The molecule has 70 valence electrons. The highest BCUT2D eigenvalue weighted by atomic mass is 15.0. The molecule has 0 unspecified atom stereocenters. The topological polar surface area (TPSA) is 63.8 Å². The highest BCUT2D eigenvalue weighted by molar-refractivity contribution is 5.44. The summed E-state index contributed by atoms with van der Waals surface area (Å²) < 4.78 is 0. The van der Waals surface area contributed by atoms with E-state index in [0.29, 0.717) is 12.4 Å². The van der Waals surface area contributed by atoms with Crippen LogP contribution in [0.3, 0.4) is 0 Å². The summed E-state index contributed by atoms with van der Waals surface area (Å²) >= 11 is 0. The summed E-state index contributed by atoms with van der Waals surface area (Å²) in [4.78, 5) is 8.69. The van der Waals surface area contributed by atoms with Crippen molar-refractivity contribution in [3.63, 3.8) is 0 Å². The number of nitrogens with one attached hydrogen (secondary N) is 1. The van der Waals surface area contributed by atoms with Crippen molar-refractivity contribution < 1.29 is 0 Å². The average molecular weight is 178 g/mol. The molecule has 1 aliphatic carbocycles. The number of nitrogens with zero attached hydrogens (tertiary/aromatic N) is 2. The molecule has 3 N–H and O–H groups in total. The predicted molar refractivity (Wildman–Crippen MR) is 51.2 cm³/mol. The highest BCUT2D eigenvalue weighted by Crippen LogP contribution is 2.23. The maximum absolute atomic E-state index is 5.82. The maximum Gasteiger partial charge on any atom is 0.144 e. The Morgan fingerprint density at radius 1 is 1.38 bits per heavy atom. The van der Waals surface area contributed by atoms with E-state index in [1.54, 1.807) is 0 Å². The monoisotopic (exact) mass is 178 g/mol. The largest absolute Gasteiger partial charge is 0.383 e. The van der Waals surface area contributed by atoms with E-state index in [1.165, 1.54) is 5.56 Å². The van der Waals surface area contributed by atoms with Crippen LogP contribution < -0.4 is 11.1 Å². The zero-order chi connectivity index (χ0) is 9.26. The van der Waals surface area contributed by atoms with Crippen LogP contribution in [0.15, 0.2) is 0 Å². The summed E-state index contributed by atoms with van der Waals surface area (Å²) in [5.41, 5.74) is 8.14. The van der Waals surface area contributed by atoms with E-state index < -0.39 is 0 Å². The van der Waals surface area contributed by atoms with Crippen molar-refractivity contribution in [3.8, 4) is 0 Å². The molecule has 1 aromatic rings. The summed E-state index contributed by atoms with van der Waals surface area (Å²) in [6.45, 7) is 0.692. The average Bonchev–Trinajstić information content (AvgIpc) is 2.53. The summed E-state index contributed by atoms with van der Waals surface area (Å²) in [6.07, 6.45) is 3.26. The lowest BCUT2D eigenvalue weighted by atomic mass is 10.2. The molecule has 1 aliphatic rings.